The van der Waals surface area contributed by atoms with E-state index in [-0.39, 0.29) is 0 Å². The van der Waals surface area contributed by atoms with Crippen LogP contribution in [0, 0.1) is 5.41 Å². The van der Waals surface area contributed by atoms with Gasteiger partial charge in [0.25, 0.3) is 0 Å². The van der Waals surface area contributed by atoms with Gasteiger partial charge in [0.05, 0.1) is 0 Å². The third-order valence-corrected chi connectivity index (χ3v) is 1.33. The van der Waals surface area contributed by atoms with Crippen molar-refractivity contribution in [1.29, 1.82) is 0 Å². The fourth-order valence-corrected chi connectivity index (χ4v) is 1.00. The van der Waals surface area contributed by atoms with E-state index in [1.54, 1.807) is 6.20 Å². The minimum absolute atomic E-state index is 0.293. The van der Waals surface area contributed by atoms with Crippen LogP contribution in [0.5, 0.6) is 0 Å². The molecule has 68 valence electrons. The van der Waals surface area contributed by atoms with E-state index in [4.69, 9.17) is 0 Å². The molecule has 0 saturated heterocycles. The highest BCUT2D eigenvalue weighted by Gasteiger charge is 2.11. The van der Waals surface area contributed by atoms with E-state index >= 15 is 0 Å². The standard InChI is InChI=1S/C11H19N/c1-6-8-10(12-7-2)9-11(3,4)5/h6-8H,2,9H2,1,3-5H3/b8-6-,12-10?. The van der Waals surface area contributed by atoms with E-state index in [2.05, 4.69) is 32.3 Å². The quantitative estimate of drug-likeness (QED) is 0.567. The van der Waals surface area contributed by atoms with Crippen molar-refractivity contribution >= 4 is 5.71 Å². The van der Waals surface area contributed by atoms with Gasteiger partial charge in [-0.05, 0) is 24.8 Å². The number of hydrogen-bond acceptors (Lipinski definition) is 1. The van der Waals surface area contributed by atoms with Crippen molar-refractivity contribution in [2.75, 3.05) is 0 Å². The van der Waals surface area contributed by atoms with Crippen LogP contribution in [-0.4, -0.2) is 5.71 Å². The molecule has 0 amide bonds. The van der Waals surface area contributed by atoms with Crippen molar-refractivity contribution in [2.24, 2.45) is 10.4 Å². The molecule has 0 aliphatic heterocycles. The molecule has 0 saturated carbocycles. The molecule has 12 heavy (non-hydrogen) atoms. The number of allylic oxidation sites excluding steroid dienone is 2. The highest BCUT2D eigenvalue weighted by molar-refractivity contribution is 5.95. The Labute approximate surface area is 75.9 Å². The monoisotopic (exact) mass is 165 g/mol. The lowest BCUT2D eigenvalue weighted by molar-refractivity contribution is 0.434. The van der Waals surface area contributed by atoms with E-state index in [9.17, 15) is 0 Å². The Balaban J connectivity index is 4.34. The van der Waals surface area contributed by atoms with Crippen LogP contribution in [0.2, 0.25) is 0 Å². The first kappa shape index (κ1) is 11.2. The van der Waals surface area contributed by atoms with Crippen molar-refractivity contribution < 1.29 is 0 Å². The number of hydrogen-bond donors (Lipinski definition) is 0. The maximum Gasteiger partial charge on any atom is 0.0405 e. The molecular formula is C11H19N. The summed E-state index contributed by atoms with van der Waals surface area (Å²) in [5.74, 6) is 0. The normalized spacial score (nSPS) is 13.8. The lowest BCUT2D eigenvalue weighted by Gasteiger charge is -2.17. The van der Waals surface area contributed by atoms with E-state index < -0.39 is 0 Å². The lowest BCUT2D eigenvalue weighted by Crippen LogP contribution is -2.10. The molecule has 0 radical (unpaired) electrons. The summed E-state index contributed by atoms with van der Waals surface area (Å²) in [5.41, 5.74) is 1.39. The van der Waals surface area contributed by atoms with Crippen molar-refractivity contribution in [3.05, 3.63) is 24.9 Å². The molecule has 0 spiro atoms. The lowest BCUT2D eigenvalue weighted by atomic mass is 9.89. The van der Waals surface area contributed by atoms with Crippen molar-refractivity contribution in [3.8, 4) is 0 Å². The smallest absolute Gasteiger partial charge is 0.0405 e. The van der Waals surface area contributed by atoms with Gasteiger partial charge in [-0.2, -0.15) is 0 Å². The van der Waals surface area contributed by atoms with Crippen LogP contribution in [-0.2, 0) is 0 Å². The van der Waals surface area contributed by atoms with Crippen LogP contribution in [0.15, 0.2) is 29.9 Å². The van der Waals surface area contributed by atoms with Gasteiger partial charge in [-0.15, -0.1) is 0 Å². The Kier molecular flexibility index (Phi) is 4.57. The molecule has 0 aliphatic rings. The Morgan fingerprint density at radius 3 is 2.33 bits per heavy atom. The Morgan fingerprint density at radius 2 is 2.00 bits per heavy atom. The van der Waals surface area contributed by atoms with Gasteiger partial charge in [0.15, 0.2) is 0 Å². The Morgan fingerprint density at radius 1 is 1.42 bits per heavy atom. The summed E-state index contributed by atoms with van der Waals surface area (Å²) < 4.78 is 0. The molecular weight excluding hydrogens is 146 g/mol. The highest BCUT2D eigenvalue weighted by atomic mass is 14.7. The summed E-state index contributed by atoms with van der Waals surface area (Å²) in [6.45, 7) is 12.2. The third kappa shape index (κ3) is 5.90. The topological polar surface area (TPSA) is 12.4 Å². The SMILES string of the molecule is C=CN=C(/C=C\C)CC(C)(C)C. The molecule has 0 bridgehead atoms. The molecule has 0 unspecified atom stereocenters. The van der Waals surface area contributed by atoms with Crippen LogP contribution in [0.25, 0.3) is 0 Å². The van der Waals surface area contributed by atoms with E-state index in [0.29, 0.717) is 5.41 Å². The minimum Gasteiger partial charge on any atom is -0.262 e. The summed E-state index contributed by atoms with van der Waals surface area (Å²) in [4.78, 5) is 4.19. The predicted octanol–water partition coefficient (Wildman–Crippen LogP) is 3.58. The molecule has 0 aromatic rings. The number of aliphatic imine (C=N–C) groups is 1. The van der Waals surface area contributed by atoms with Gasteiger partial charge in [0.1, 0.15) is 0 Å². The largest absolute Gasteiger partial charge is 0.262 e. The first-order valence-electron chi connectivity index (χ1n) is 4.30. The Bertz CT molecular complexity index is 192. The third-order valence-electron chi connectivity index (χ3n) is 1.33. The zero-order valence-corrected chi connectivity index (χ0v) is 8.59. The highest BCUT2D eigenvalue weighted by Crippen LogP contribution is 2.19. The average molecular weight is 165 g/mol. The fourth-order valence-electron chi connectivity index (χ4n) is 1.00. The van der Waals surface area contributed by atoms with Crippen LogP contribution in [0.1, 0.15) is 34.1 Å². The molecule has 0 atom stereocenters. The van der Waals surface area contributed by atoms with Crippen LogP contribution in [0.4, 0.5) is 0 Å². The summed E-state index contributed by atoms with van der Waals surface area (Å²) in [6.07, 6.45) is 6.63. The molecule has 1 nitrogen and oxygen atoms in total. The first-order valence-corrected chi connectivity index (χ1v) is 4.30. The van der Waals surface area contributed by atoms with Crippen molar-refractivity contribution in [2.45, 2.75) is 34.1 Å². The molecule has 0 fully saturated rings. The van der Waals surface area contributed by atoms with E-state index in [1.807, 2.05) is 19.1 Å². The fraction of sp³-hybridized carbons (Fsp3) is 0.545. The maximum absolute atomic E-state index is 4.19. The van der Waals surface area contributed by atoms with Gasteiger partial charge in [0, 0.05) is 11.9 Å². The van der Waals surface area contributed by atoms with Crippen molar-refractivity contribution in [1.82, 2.24) is 0 Å². The van der Waals surface area contributed by atoms with Gasteiger partial charge in [-0.25, -0.2) is 0 Å². The summed E-state index contributed by atoms with van der Waals surface area (Å²) in [5, 5.41) is 0. The van der Waals surface area contributed by atoms with Gasteiger partial charge >= 0.3 is 0 Å². The molecule has 0 heterocycles. The van der Waals surface area contributed by atoms with Gasteiger partial charge in [0.2, 0.25) is 0 Å². The minimum atomic E-state index is 0.293. The van der Waals surface area contributed by atoms with Crippen LogP contribution in [0.3, 0.4) is 0 Å². The molecule has 0 aromatic heterocycles. The molecule has 0 rings (SSSR count). The maximum atomic E-state index is 4.19. The van der Waals surface area contributed by atoms with E-state index in [0.717, 1.165) is 12.1 Å². The first-order chi connectivity index (χ1) is 5.49. The summed E-state index contributed by atoms with van der Waals surface area (Å²) >= 11 is 0. The molecule has 0 aromatic carbocycles. The van der Waals surface area contributed by atoms with Crippen LogP contribution >= 0.6 is 0 Å². The molecule has 0 N–H and O–H groups in total. The zero-order valence-electron chi connectivity index (χ0n) is 8.59. The van der Waals surface area contributed by atoms with Gasteiger partial charge < -0.3 is 0 Å². The second-order valence-corrected chi connectivity index (χ2v) is 4.04. The average Bonchev–Trinajstić information content (AvgIpc) is 1.84. The van der Waals surface area contributed by atoms with Gasteiger partial charge in [-0.1, -0.05) is 33.4 Å². The van der Waals surface area contributed by atoms with Crippen molar-refractivity contribution in [3.63, 3.8) is 0 Å². The predicted molar refractivity (Wildman–Crippen MR) is 56.5 cm³/mol. The number of rotatable bonds is 3. The van der Waals surface area contributed by atoms with Gasteiger partial charge in [-0.3, -0.25) is 4.99 Å². The molecule has 1 heteroatoms. The second-order valence-electron chi connectivity index (χ2n) is 4.04. The second kappa shape index (κ2) is 4.91. The Hall–Kier alpha value is -0.850. The zero-order chi connectivity index (χ0) is 9.61. The number of nitrogens with zero attached hydrogens (tertiary/aromatic N) is 1. The summed E-state index contributed by atoms with van der Waals surface area (Å²) in [6, 6.07) is 0. The summed E-state index contributed by atoms with van der Waals surface area (Å²) in [7, 11) is 0. The molecule has 0 aliphatic carbocycles. The van der Waals surface area contributed by atoms with Crippen LogP contribution < -0.4 is 0 Å². The van der Waals surface area contributed by atoms with E-state index in [1.165, 1.54) is 0 Å².